The van der Waals surface area contributed by atoms with E-state index in [1.165, 1.54) is 10.9 Å². The van der Waals surface area contributed by atoms with Gasteiger partial charge in [-0.15, -0.1) is 0 Å². The van der Waals surface area contributed by atoms with E-state index >= 15 is 0 Å². The fraction of sp³-hybridized carbons (Fsp3) is 0.143. The Bertz CT molecular complexity index is 1100. The number of para-hydroxylation sites is 1. The first kappa shape index (κ1) is 15.9. The highest BCUT2D eigenvalue weighted by molar-refractivity contribution is 6.32. The van der Waals surface area contributed by atoms with Crippen molar-refractivity contribution in [2.75, 3.05) is 0 Å². The number of H-pyrrole nitrogens is 1. The molecular weight excluding hydrogens is 330 g/mol. The van der Waals surface area contributed by atoms with Crippen molar-refractivity contribution in [2.24, 2.45) is 4.99 Å². The van der Waals surface area contributed by atoms with E-state index < -0.39 is 0 Å². The van der Waals surface area contributed by atoms with Crippen molar-refractivity contribution >= 4 is 45.8 Å². The third kappa shape index (κ3) is 2.81. The number of benzene rings is 2. The highest BCUT2D eigenvalue weighted by Gasteiger charge is 2.14. The lowest BCUT2D eigenvalue weighted by molar-refractivity contribution is 0.974. The van der Waals surface area contributed by atoms with Gasteiger partial charge < -0.3 is 4.98 Å². The second-order valence-electron chi connectivity index (χ2n) is 6.27. The van der Waals surface area contributed by atoms with E-state index in [0.717, 1.165) is 40.4 Å². The summed E-state index contributed by atoms with van der Waals surface area (Å²) in [6.45, 7) is 5.75. The molecule has 2 aromatic heterocycles. The third-order valence-electron chi connectivity index (χ3n) is 4.66. The second-order valence-corrected chi connectivity index (χ2v) is 6.63. The molecule has 0 aliphatic carbocycles. The fourth-order valence-electron chi connectivity index (χ4n) is 3.41. The van der Waals surface area contributed by atoms with Crippen molar-refractivity contribution in [3.63, 3.8) is 0 Å². The lowest BCUT2D eigenvalue weighted by atomic mass is 9.98. The lowest BCUT2D eigenvalue weighted by Gasteiger charge is -2.11. The minimum absolute atomic E-state index is 0.419. The highest BCUT2D eigenvalue weighted by Crippen LogP contribution is 2.34. The summed E-state index contributed by atoms with van der Waals surface area (Å²) in [4.78, 5) is 12.0. The van der Waals surface area contributed by atoms with E-state index in [1.807, 2.05) is 6.07 Å². The van der Waals surface area contributed by atoms with Crippen molar-refractivity contribution in [1.82, 2.24) is 9.97 Å². The third-order valence-corrected chi connectivity index (χ3v) is 4.92. The van der Waals surface area contributed by atoms with E-state index in [1.54, 1.807) is 0 Å². The van der Waals surface area contributed by atoms with E-state index in [4.69, 9.17) is 11.6 Å². The Morgan fingerprint density at radius 1 is 1.12 bits per heavy atom. The number of aryl methyl sites for hydroxylation is 3. The van der Waals surface area contributed by atoms with Crippen molar-refractivity contribution in [2.45, 2.75) is 19.8 Å². The second kappa shape index (κ2) is 6.34. The lowest BCUT2D eigenvalue weighted by Crippen LogP contribution is -1.96. The van der Waals surface area contributed by atoms with E-state index in [0.29, 0.717) is 10.8 Å². The Labute approximate surface area is 151 Å². The predicted octanol–water partition coefficient (Wildman–Crippen LogP) is 5.80. The molecule has 0 unspecified atom stereocenters. The van der Waals surface area contributed by atoms with Crippen LogP contribution >= 0.6 is 11.6 Å². The Morgan fingerprint density at radius 2 is 1.96 bits per heavy atom. The largest absolute Gasteiger partial charge is 0.361 e. The molecule has 2 aromatic carbocycles. The average Bonchev–Trinajstić information content (AvgIpc) is 3.02. The van der Waals surface area contributed by atoms with Gasteiger partial charge in [0.2, 0.25) is 0 Å². The van der Waals surface area contributed by atoms with Crippen LogP contribution in [0.5, 0.6) is 0 Å². The van der Waals surface area contributed by atoms with Crippen molar-refractivity contribution < 1.29 is 0 Å². The molecule has 0 saturated heterocycles. The van der Waals surface area contributed by atoms with Crippen LogP contribution in [0.4, 0.5) is 5.69 Å². The summed E-state index contributed by atoms with van der Waals surface area (Å²) in [6, 6.07) is 14.6. The zero-order valence-electron chi connectivity index (χ0n) is 14.0. The van der Waals surface area contributed by atoms with E-state index in [2.05, 4.69) is 71.2 Å². The number of aromatic amines is 1. The monoisotopic (exact) mass is 347 g/mol. The average molecular weight is 348 g/mol. The smallest absolute Gasteiger partial charge is 0.155 e. The Balaban J connectivity index is 1.79. The first-order valence-corrected chi connectivity index (χ1v) is 8.65. The van der Waals surface area contributed by atoms with Crippen molar-refractivity contribution in [3.8, 4) is 0 Å². The number of aromatic nitrogens is 2. The van der Waals surface area contributed by atoms with Gasteiger partial charge in [0.05, 0.1) is 5.52 Å². The summed E-state index contributed by atoms with van der Waals surface area (Å²) < 4.78 is 0. The van der Waals surface area contributed by atoms with Crippen LogP contribution in [-0.2, 0) is 12.8 Å². The molecule has 0 atom stereocenters. The number of pyridine rings is 1. The normalized spacial score (nSPS) is 11.3. The van der Waals surface area contributed by atoms with Gasteiger partial charge in [0.15, 0.2) is 5.15 Å². The molecule has 124 valence electrons. The molecule has 25 heavy (non-hydrogen) atoms. The van der Waals surface area contributed by atoms with Crippen LogP contribution in [0.1, 0.15) is 16.7 Å². The van der Waals surface area contributed by atoms with Crippen LogP contribution in [0.15, 0.2) is 53.7 Å². The topological polar surface area (TPSA) is 41.0 Å². The molecule has 0 spiro atoms. The van der Waals surface area contributed by atoms with Gasteiger partial charge in [-0.25, -0.2) is 4.98 Å². The first-order chi connectivity index (χ1) is 12.2. The molecule has 2 heterocycles. The molecular formula is C21H18ClN3. The zero-order chi connectivity index (χ0) is 17.4. The summed E-state index contributed by atoms with van der Waals surface area (Å²) in [5.41, 5.74) is 6.32. The standard InChI is InChI=1S/C21H18ClN3/c1-13-7-9-16-17(20(23-2)21(22)25-19(16)11-13)10-8-14-12-24-18-6-4-3-5-15(14)18/h3-7,9,11-12,24H,2,8,10H2,1H3. The molecule has 0 aliphatic heterocycles. The summed E-state index contributed by atoms with van der Waals surface area (Å²) in [7, 11) is 0. The summed E-state index contributed by atoms with van der Waals surface area (Å²) >= 11 is 6.37. The number of hydrogen-bond donors (Lipinski definition) is 1. The van der Waals surface area contributed by atoms with Gasteiger partial charge in [-0.3, -0.25) is 4.99 Å². The van der Waals surface area contributed by atoms with Crippen LogP contribution in [0.3, 0.4) is 0 Å². The number of fused-ring (bicyclic) bond motifs is 2. The molecule has 0 aliphatic rings. The first-order valence-electron chi connectivity index (χ1n) is 8.28. The van der Waals surface area contributed by atoms with E-state index in [9.17, 15) is 0 Å². The Kier molecular flexibility index (Phi) is 4.02. The van der Waals surface area contributed by atoms with Crippen LogP contribution < -0.4 is 0 Å². The summed E-state index contributed by atoms with van der Waals surface area (Å²) in [5, 5.41) is 2.77. The van der Waals surface area contributed by atoms with Gasteiger partial charge in [0, 0.05) is 22.5 Å². The maximum absolute atomic E-state index is 6.37. The summed E-state index contributed by atoms with van der Waals surface area (Å²) in [6.07, 6.45) is 3.81. The molecule has 0 fully saturated rings. The molecule has 4 heteroatoms. The maximum Gasteiger partial charge on any atom is 0.155 e. The molecule has 4 aromatic rings. The molecule has 0 radical (unpaired) electrons. The highest BCUT2D eigenvalue weighted by atomic mass is 35.5. The molecule has 0 amide bonds. The van der Waals surface area contributed by atoms with Crippen LogP contribution in [0.25, 0.3) is 21.8 Å². The van der Waals surface area contributed by atoms with Gasteiger partial charge >= 0.3 is 0 Å². The van der Waals surface area contributed by atoms with Crippen molar-refractivity contribution in [3.05, 3.63) is 70.5 Å². The number of nitrogens with one attached hydrogen (secondary N) is 1. The molecule has 4 rings (SSSR count). The maximum atomic E-state index is 6.37. The molecule has 0 bridgehead atoms. The van der Waals surface area contributed by atoms with Crippen LogP contribution in [-0.4, -0.2) is 16.7 Å². The van der Waals surface area contributed by atoms with Gasteiger partial charge in [-0.05, 0) is 55.3 Å². The number of hydrogen-bond acceptors (Lipinski definition) is 2. The van der Waals surface area contributed by atoms with Crippen LogP contribution in [0, 0.1) is 6.92 Å². The van der Waals surface area contributed by atoms with Gasteiger partial charge in [0.25, 0.3) is 0 Å². The van der Waals surface area contributed by atoms with E-state index in [-0.39, 0.29) is 0 Å². The van der Waals surface area contributed by atoms with Gasteiger partial charge in [0.1, 0.15) is 5.69 Å². The van der Waals surface area contributed by atoms with Crippen molar-refractivity contribution in [1.29, 1.82) is 0 Å². The molecule has 3 nitrogen and oxygen atoms in total. The minimum atomic E-state index is 0.419. The quantitative estimate of drug-likeness (QED) is 0.368. The zero-order valence-corrected chi connectivity index (χ0v) is 14.8. The Hall–Kier alpha value is -2.65. The van der Waals surface area contributed by atoms with Gasteiger partial charge in [-0.1, -0.05) is 41.9 Å². The van der Waals surface area contributed by atoms with Crippen LogP contribution in [0.2, 0.25) is 5.15 Å². The SMILES string of the molecule is C=Nc1c(Cl)nc2cc(C)ccc2c1CCc1c[nH]c2ccccc12. The number of rotatable bonds is 4. The summed E-state index contributed by atoms with van der Waals surface area (Å²) in [5.74, 6) is 0. The van der Waals surface area contributed by atoms with Gasteiger partial charge in [-0.2, -0.15) is 0 Å². The molecule has 0 saturated carbocycles. The number of halogens is 1. The predicted molar refractivity (Wildman–Crippen MR) is 106 cm³/mol. The fourth-order valence-corrected chi connectivity index (χ4v) is 3.68. The Morgan fingerprint density at radius 3 is 2.80 bits per heavy atom. The molecule has 1 N–H and O–H groups in total. The minimum Gasteiger partial charge on any atom is -0.361 e. The number of aliphatic imine (C=N–C) groups is 1. The number of nitrogens with zero attached hydrogens (tertiary/aromatic N) is 2.